The van der Waals surface area contributed by atoms with Crippen LogP contribution >= 0.6 is 15.9 Å². The molecule has 4 nitrogen and oxygen atoms in total. The summed E-state index contributed by atoms with van der Waals surface area (Å²) in [6.07, 6.45) is 4.73. The molecule has 1 aliphatic heterocycles. The number of halogens is 1. The van der Waals surface area contributed by atoms with E-state index >= 15 is 0 Å². The van der Waals surface area contributed by atoms with Crippen LogP contribution in [-0.4, -0.2) is 53.0 Å². The monoisotopic (exact) mass is 325 g/mol. The first-order valence-corrected chi connectivity index (χ1v) is 7.76. The van der Waals surface area contributed by atoms with Gasteiger partial charge in [-0.3, -0.25) is 9.69 Å². The summed E-state index contributed by atoms with van der Waals surface area (Å²) in [5.74, 6) is 1.09. The number of piperazine rings is 1. The zero-order valence-corrected chi connectivity index (χ0v) is 12.9. The highest BCUT2D eigenvalue weighted by Gasteiger charge is 2.28. The summed E-state index contributed by atoms with van der Waals surface area (Å²) in [5, 5.41) is 0. The van der Waals surface area contributed by atoms with E-state index in [0.29, 0.717) is 0 Å². The minimum atomic E-state index is 0.152. The number of aryl methyl sites for hydroxylation is 1. The van der Waals surface area contributed by atoms with Crippen molar-refractivity contribution < 1.29 is 4.79 Å². The van der Waals surface area contributed by atoms with Crippen molar-refractivity contribution in [2.75, 3.05) is 32.7 Å². The van der Waals surface area contributed by atoms with Crippen LogP contribution in [0.3, 0.4) is 0 Å². The minimum Gasteiger partial charge on any atom is -0.345 e. The molecule has 2 fully saturated rings. The molecule has 0 atom stereocenters. The predicted octanol–water partition coefficient (Wildman–Crippen LogP) is 1.96. The van der Waals surface area contributed by atoms with Crippen LogP contribution in [0.1, 0.15) is 23.3 Å². The number of rotatable bonds is 3. The number of hydrogen-bond acceptors (Lipinski definition) is 2. The summed E-state index contributed by atoms with van der Waals surface area (Å²) in [6, 6.07) is 1.90. The van der Waals surface area contributed by atoms with Crippen LogP contribution in [0.5, 0.6) is 0 Å². The van der Waals surface area contributed by atoms with Gasteiger partial charge in [0, 0.05) is 50.4 Å². The molecule has 0 bridgehead atoms. The number of hydrogen-bond donors (Lipinski definition) is 0. The zero-order valence-electron chi connectivity index (χ0n) is 11.3. The third-order valence-corrected chi connectivity index (χ3v) is 4.50. The first kappa shape index (κ1) is 13.2. The van der Waals surface area contributed by atoms with Crippen LogP contribution in [0.25, 0.3) is 0 Å². The van der Waals surface area contributed by atoms with Crippen molar-refractivity contribution in [1.82, 2.24) is 14.4 Å². The Kier molecular flexibility index (Phi) is 3.67. The molecule has 1 saturated carbocycles. The fraction of sp³-hybridized carbons (Fsp3) is 0.643. The maximum absolute atomic E-state index is 12.4. The largest absolute Gasteiger partial charge is 0.345 e. The van der Waals surface area contributed by atoms with E-state index in [1.54, 1.807) is 0 Å². The van der Waals surface area contributed by atoms with E-state index in [2.05, 4.69) is 20.8 Å². The Labute approximate surface area is 122 Å². The molecule has 1 aromatic rings. The number of aromatic nitrogens is 1. The molecule has 0 radical (unpaired) electrons. The van der Waals surface area contributed by atoms with Gasteiger partial charge in [0.2, 0.25) is 0 Å². The van der Waals surface area contributed by atoms with E-state index in [-0.39, 0.29) is 5.91 Å². The van der Waals surface area contributed by atoms with E-state index in [1.807, 2.05) is 28.8 Å². The molecule has 5 heteroatoms. The fourth-order valence-electron chi connectivity index (χ4n) is 2.70. The molecule has 1 saturated heterocycles. The third kappa shape index (κ3) is 3.03. The Morgan fingerprint density at radius 1 is 1.32 bits per heavy atom. The molecule has 3 rings (SSSR count). The quantitative estimate of drug-likeness (QED) is 0.849. The normalized spacial score (nSPS) is 20.8. The lowest BCUT2D eigenvalue weighted by Gasteiger charge is -2.34. The zero-order chi connectivity index (χ0) is 13.4. The van der Waals surface area contributed by atoms with Crippen LogP contribution in [0.2, 0.25) is 0 Å². The van der Waals surface area contributed by atoms with Crippen LogP contribution in [0, 0.1) is 5.92 Å². The van der Waals surface area contributed by atoms with Gasteiger partial charge in [-0.15, -0.1) is 0 Å². The summed E-state index contributed by atoms with van der Waals surface area (Å²) >= 11 is 3.42. The molecule has 0 N–H and O–H groups in total. The Balaban J connectivity index is 1.58. The van der Waals surface area contributed by atoms with E-state index in [1.165, 1.54) is 19.4 Å². The molecule has 1 aliphatic carbocycles. The summed E-state index contributed by atoms with van der Waals surface area (Å²) in [6.45, 7) is 4.99. The first-order chi connectivity index (χ1) is 9.13. The Bertz CT molecular complexity index is 473. The first-order valence-electron chi connectivity index (χ1n) is 6.97. The van der Waals surface area contributed by atoms with E-state index < -0.39 is 0 Å². The number of carbonyl (C=O) groups excluding carboxylic acids is 1. The standard InChI is InChI=1S/C14H20BrN3O/c1-16-10-12(15)8-13(16)14(19)18-6-4-17(5-7-18)9-11-2-3-11/h8,10-11H,2-7,9H2,1H3. The lowest BCUT2D eigenvalue weighted by Crippen LogP contribution is -2.49. The summed E-state index contributed by atoms with van der Waals surface area (Å²) in [7, 11) is 1.92. The topological polar surface area (TPSA) is 28.5 Å². The second-order valence-electron chi connectivity index (χ2n) is 5.69. The average Bonchev–Trinajstić information content (AvgIpc) is 3.13. The molecule has 2 aliphatic rings. The Hall–Kier alpha value is -0.810. The van der Waals surface area contributed by atoms with Crippen LogP contribution < -0.4 is 0 Å². The van der Waals surface area contributed by atoms with E-state index in [4.69, 9.17) is 0 Å². The minimum absolute atomic E-state index is 0.152. The van der Waals surface area contributed by atoms with Crippen LogP contribution in [0.4, 0.5) is 0 Å². The third-order valence-electron chi connectivity index (χ3n) is 4.06. The van der Waals surface area contributed by atoms with Crippen molar-refractivity contribution >= 4 is 21.8 Å². The van der Waals surface area contributed by atoms with Gasteiger partial charge in [0.1, 0.15) is 5.69 Å². The van der Waals surface area contributed by atoms with Crippen molar-refractivity contribution in [3.05, 3.63) is 22.4 Å². The van der Waals surface area contributed by atoms with Crippen molar-refractivity contribution in [2.24, 2.45) is 13.0 Å². The van der Waals surface area contributed by atoms with Gasteiger partial charge in [0.25, 0.3) is 5.91 Å². The summed E-state index contributed by atoms with van der Waals surface area (Å²) in [4.78, 5) is 16.9. The fourth-order valence-corrected chi connectivity index (χ4v) is 3.22. The molecule has 0 aromatic carbocycles. The maximum Gasteiger partial charge on any atom is 0.270 e. The molecule has 2 heterocycles. The smallest absolute Gasteiger partial charge is 0.270 e. The molecule has 19 heavy (non-hydrogen) atoms. The van der Waals surface area contributed by atoms with E-state index in [0.717, 1.165) is 42.3 Å². The summed E-state index contributed by atoms with van der Waals surface area (Å²) < 4.78 is 2.86. The van der Waals surface area contributed by atoms with Gasteiger partial charge < -0.3 is 9.47 Å². The van der Waals surface area contributed by atoms with Gasteiger partial charge in [-0.2, -0.15) is 0 Å². The summed E-state index contributed by atoms with van der Waals surface area (Å²) in [5.41, 5.74) is 0.766. The molecule has 104 valence electrons. The lowest BCUT2D eigenvalue weighted by molar-refractivity contribution is 0.0622. The molecule has 1 amide bonds. The highest BCUT2D eigenvalue weighted by molar-refractivity contribution is 9.10. The lowest BCUT2D eigenvalue weighted by atomic mass is 10.2. The van der Waals surface area contributed by atoms with Crippen molar-refractivity contribution in [3.63, 3.8) is 0 Å². The second-order valence-corrected chi connectivity index (χ2v) is 6.61. The van der Waals surface area contributed by atoms with Gasteiger partial charge in [0.05, 0.1) is 0 Å². The van der Waals surface area contributed by atoms with Crippen molar-refractivity contribution in [3.8, 4) is 0 Å². The average molecular weight is 326 g/mol. The van der Waals surface area contributed by atoms with Gasteiger partial charge in [-0.25, -0.2) is 0 Å². The molecular formula is C14H20BrN3O. The molecule has 0 unspecified atom stereocenters. The van der Waals surface area contributed by atoms with Gasteiger partial charge in [0.15, 0.2) is 0 Å². The Morgan fingerprint density at radius 2 is 2.00 bits per heavy atom. The Morgan fingerprint density at radius 3 is 2.53 bits per heavy atom. The highest BCUT2D eigenvalue weighted by atomic mass is 79.9. The molecular weight excluding hydrogens is 306 g/mol. The second kappa shape index (κ2) is 5.29. The highest BCUT2D eigenvalue weighted by Crippen LogP contribution is 2.30. The van der Waals surface area contributed by atoms with Gasteiger partial charge in [-0.1, -0.05) is 0 Å². The van der Waals surface area contributed by atoms with E-state index in [9.17, 15) is 4.79 Å². The SMILES string of the molecule is Cn1cc(Br)cc1C(=O)N1CCN(CC2CC2)CC1. The van der Waals surface area contributed by atoms with Crippen molar-refractivity contribution in [2.45, 2.75) is 12.8 Å². The van der Waals surface area contributed by atoms with Crippen LogP contribution in [0.15, 0.2) is 16.7 Å². The van der Waals surface area contributed by atoms with Gasteiger partial charge >= 0.3 is 0 Å². The van der Waals surface area contributed by atoms with Crippen LogP contribution in [-0.2, 0) is 7.05 Å². The van der Waals surface area contributed by atoms with Crippen molar-refractivity contribution in [1.29, 1.82) is 0 Å². The predicted molar refractivity (Wildman–Crippen MR) is 78.2 cm³/mol. The number of amides is 1. The molecule has 1 aromatic heterocycles. The molecule has 0 spiro atoms. The van der Waals surface area contributed by atoms with Gasteiger partial charge in [-0.05, 0) is 40.8 Å². The maximum atomic E-state index is 12.4. The number of carbonyl (C=O) groups is 1. The number of nitrogens with zero attached hydrogens (tertiary/aromatic N) is 3.